The fourth-order valence-electron chi connectivity index (χ4n) is 2.63. The molecule has 0 N–H and O–H groups in total. The van der Waals surface area contributed by atoms with Crippen LogP contribution in [-0.2, 0) is 6.42 Å². The lowest BCUT2D eigenvalue weighted by atomic mass is 9.79. The third kappa shape index (κ3) is 1.80. The van der Waals surface area contributed by atoms with E-state index in [1.54, 1.807) is 0 Å². The van der Waals surface area contributed by atoms with Crippen LogP contribution in [0.2, 0.25) is 0 Å². The van der Waals surface area contributed by atoms with Crippen LogP contribution in [0.3, 0.4) is 0 Å². The van der Waals surface area contributed by atoms with Crippen LogP contribution in [0.4, 0.5) is 0 Å². The van der Waals surface area contributed by atoms with Gasteiger partial charge in [-0.05, 0) is 53.7 Å². The van der Waals surface area contributed by atoms with Crippen molar-refractivity contribution >= 4 is 5.57 Å². The molecular formula is C17H18. The van der Waals surface area contributed by atoms with Crippen molar-refractivity contribution in [3.8, 4) is 0 Å². The Balaban J connectivity index is 2.68. The molecule has 0 atom stereocenters. The molecule has 1 aliphatic carbocycles. The van der Waals surface area contributed by atoms with E-state index in [-0.39, 0.29) is 0 Å². The van der Waals surface area contributed by atoms with Gasteiger partial charge in [-0.25, -0.2) is 0 Å². The van der Waals surface area contributed by atoms with Crippen LogP contribution in [-0.4, -0.2) is 0 Å². The zero-order chi connectivity index (χ0) is 12.6. The van der Waals surface area contributed by atoms with Crippen LogP contribution in [0.5, 0.6) is 0 Å². The number of fused-ring (bicyclic) bond motifs is 1. The molecule has 17 heavy (non-hydrogen) atoms. The Kier molecular flexibility index (Phi) is 2.89. The smallest absolute Gasteiger partial charge is 0.00135 e. The fraction of sp³-hybridized carbons (Fsp3) is 0.176. The Morgan fingerprint density at radius 1 is 1.35 bits per heavy atom. The first-order valence-corrected chi connectivity index (χ1v) is 5.86. The molecule has 1 aliphatic rings. The first-order chi connectivity index (χ1) is 8.06. The maximum absolute atomic E-state index is 4.25. The summed E-state index contributed by atoms with van der Waals surface area (Å²) in [5, 5.41) is 0. The summed E-state index contributed by atoms with van der Waals surface area (Å²) < 4.78 is 0. The van der Waals surface area contributed by atoms with Gasteiger partial charge in [0.2, 0.25) is 0 Å². The molecule has 0 aliphatic heterocycles. The van der Waals surface area contributed by atoms with Gasteiger partial charge in [-0.15, -0.1) is 0 Å². The molecule has 0 nitrogen and oxygen atoms in total. The zero-order valence-electron chi connectivity index (χ0n) is 10.6. The predicted octanol–water partition coefficient (Wildman–Crippen LogP) is 4.62. The van der Waals surface area contributed by atoms with E-state index >= 15 is 0 Å². The van der Waals surface area contributed by atoms with Crippen molar-refractivity contribution in [1.82, 2.24) is 0 Å². The Morgan fingerprint density at radius 2 is 2.06 bits per heavy atom. The van der Waals surface area contributed by atoms with E-state index in [0.29, 0.717) is 0 Å². The number of hydrogen-bond acceptors (Lipinski definition) is 0. The molecule has 1 aromatic rings. The van der Waals surface area contributed by atoms with Gasteiger partial charge in [0.1, 0.15) is 0 Å². The second-order valence-corrected chi connectivity index (χ2v) is 4.65. The van der Waals surface area contributed by atoms with Crippen molar-refractivity contribution in [3.63, 3.8) is 0 Å². The van der Waals surface area contributed by atoms with Gasteiger partial charge in [0, 0.05) is 0 Å². The molecular weight excluding hydrogens is 204 g/mol. The highest BCUT2D eigenvalue weighted by molar-refractivity contribution is 5.88. The summed E-state index contributed by atoms with van der Waals surface area (Å²) in [4.78, 5) is 0. The minimum atomic E-state index is 0.932. The molecule has 0 bridgehead atoms. The highest BCUT2D eigenvalue weighted by atomic mass is 14.2. The number of allylic oxidation sites excluding steroid dienone is 5. The van der Waals surface area contributed by atoms with E-state index in [2.05, 4.69) is 44.9 Å². The van der Waals surface area contributed by atoms with E-state index in [0.717, 1.165) is 17.6 Å². The minimum absolute atomic E-state index is 0.932. The molecule has 0 unspecified atom stereocenters. The van der Waals surface area contributed by atoms with Crippen LogP contribution in [0, 0.1) is 6.92 Å². The van der Waals surface area contributed by atoms with Crippen LogP contribution < -0.4 is 0 Å². The summed E-state index contributed by atoms with van der Waals surface area (Å²) >= 11 is 0. The molecule has 0 radical (unpaired) electrons. The molecule has 0 spiro atoms. The third-order valence-electron chi connectivity index (χ3n) is 3.34. The molecule has 0 heteroatoms. The molecule has 86 valence electrons. The Bertz CT molecular complexity index is 553. The van der Waals surface area contributed by atoms with Gasteiger partial charge < -0.3 is 0 Å². The van der Waals surface area contributed by atoms with E-state index < -0.39 is 0 Å². The summed E-state index contributed by atoms with van der Waals surface area (Å²) in [6.07, 6.45) is 2.86. The Morgan fingerprint density at radius 3 is 2.65 bits per heavy atom. The van der Waals surface area contributed by atoms with Crippen molar-refractivity contribution in [2.75, 3.05) is 0 Å². The van der Waals surface area contributed by atoms with Gasteiger partial charge in [0.25, 0.3) is 0 Å². The highest BCUT2D eigenvalue weighted by Gasteiger charge is 2.21. The monoisotopic (exact) mass is 222 g/mol. The molecule has 0 fully saturated rings. The quantitative estimate of drug-likeness (QED) is 0.684. The Hall–Kier alpha value is -1.82. The number of benzene rings is 1. The lowest BCUT2D eigenvalue weighted by Gasteiger charge is -2.25. The van der Waals surface area contributed by atoms with Crippen LogP contribution in [0.15, 0.2) is 60.7 Å². The van der Waals surface area contributed by atoms with Crippen molar-refractivity contribution in [2.45, 2.75) is 20.3 Å². The van der Waals surface area contributed by atoms with Crippen molar-refractivity contribution in [2.24, 2.45) is 0 Å². The fourth-order valence-corrected chi connectivity index (χ4v) is 2.63. The molecule has 0 saturated carbocycles. The average molecular weight is 222 g/mol. The lowest BCUT2D eigenvalue weighted by Crippen LogP contribution is -2.08. The largest absolute Gasteiger partial charge is 0.0988 e. The maximum Gasteiger partial charge on any atom is -0.00135 e. The number of aryl methyl sites for hydroxylation is 1. The normalized spacial score (nSPS) is 14.6. The molecule has 2 rings (SSSR count). The van der Waals surface area contributed by atoms with Crippen molar-refractivity contribution in [1.29, 1.82) is 0 Å². The average Bonchev–Trinajstić information content (AvgIpc) is 2.27. The van der Waals surface area contributed by atoms with Crippen molar-refractivity contribution < 1.29 is 0 Å². The molecule has 1 aromatic carbocycles. The maximum atomic E-state index is 4.25. The second kappa shape index (κ2) is 4.21. The zero-order valence-corrected chi connectivity index (χ0v) is 10.6. The second-order valence-electron chi connectivity index (χ2n) is 4.65. The van der Waals surface area contributed by atoms with E-state index in [1.807, 2.05) is 13.0 Å². The third-order valence-corrected chi connectivity index (χ3v) is 3.34. The number of hydrogen-bond donors (Lipinski definition) is 0. The lowest BCUT2D eigenvalue weighted by molar-refractivity contribution is 1.12. The molecule has 0 amide bonds. The summed E-state index contributed by atoms with van der Waals surface area (Å²) in [5.74, 6) is 0. The van der Waals surface area contributed by atoms with Gasteiger partial charge >= 0.3 is 0 Å². The number of rotatable bonds is 2. The van der Waals surface area contributed by atoms with Gasteiger partial charge in [-0.1, -0.05) is 49.6 Å². The highest BCUT2D eigenvalue weighted by Crippen LogP contribution is 2.39. The SMILES string of the molecule is C=CC1=C(C(=C)C)C(=C)c2c(C)cccc2C1. The minimum Gasteiger partial charge on any atom is -0.0988 e. The van der Waals surface area contributed by atoms with Gasteiger partial charge in [0.15, 0.2) is 0 Å². The summed E-state index contributed by atoms with van der Waals surface area (Å²) in [6, 6.07) is 6.42. The Labute approximate surface area is 104 Å². The van der Waals surface area contributed by atoms with E-state index in [1.165, 1.54) is 27.8 Å². The molecule has 0 aromatic heterocycles. The van der Waals surface area contributed by atoms with Gasteiger partial charge in [-0.2, -0.15) is 0 Å². The topological polar surface area (TPSA) is 0 Å². The van der Waals surface area contributed by atoms with Crippen LogP contribution in [0.1, 0.15) is 23.6 Å². The van der Waals surface area contributed by atoms with Crippen LogP contribution >= 0.6 is 0 Å². The molecule has 0 heterocycles. The van der Waals surface area contributed by atoms with Gasteiger partial charge in [0.05, 0.1) is 0 Å². The van der Waals surface area contributed by atoms with Crippen molar-refractivity contribution in [3.05, 3.63) is 77.4 Å². The first kappa shape index (κ1) is 11.7. The standard InChI is InChI=1S/C17H18/c1-6-14-10-15-9-7-8-12(4)17(15)13(5)16(14)11(2)3/h6-9H,1-2,5,10H2,3-4H3. The predicted molar refractivity (Wildman–Crippen MR) is 76.0 cm³/mol. The summed E-state index contributed by atoms with van der Waals surface area (Å²) in [6.45, 7) is 16.4. The van der Waals surface area contributed by atoms with E-state index in [9.17, 15) is 0 Å². The van der Waals surface area contributed by atoms with Crippen LogP contribution in [0.25, 0.3) is 5.57 Å². The first-order valence-electron chi connectivity index (χ1n) is 5.86. The summed E-state index contributed by atoms with van der Waals surface area (Å²) in [5.41, 5.74) is 8.49. The van der Waals surface area contributed by atoms with E-state index in [4.69, 9.17) is 0 Å². The van der Waals surface area contributed by atoms with Gasteiger partial charge in [-0.3, -0.25) is 0 Å². The summed E-state index contributed by atoms with van der Waals surface area (Å²) in [7, 11) is 0. The molecule has 0 saturated heterocycles.